The number of fused-ring (bicyclic) bond motifs is 1. The van der Waals surface area contributed by atoms with Crippen LogP contribution >= 0.6 is 11.3 Å². The lowest BCUT2D eigenvalue weighted by atomic mass is 10.0. The average Bonchev–Trinajstić information content (AvgIpc) is 3.27. The van der Waals surface area contributed by atoms with E-state index in [1.807, 2.05) is 50.8 Å². The number of aromatic nitrogens is 4. The fourth-order valence-electron chi connectivity index (χ4n) is 2.86. The summed E-state index contributed by atoms with van der Waals surface area (Å²) in [5.41, 5.74) is 4.88. The van der Waals surface area contributed by atoms with Gasteiger partial charge in [-0.15, -0.1) is 0 Å². The summed E-state index contributed by atoms with van der Waals surface area (Å²) in [5.74, 6) is 0. The number of benzene rings is 1. The first-order valence-corrected chi connectivity index (χ1v) is 9.34. The summed E-state index contributed by atoms with van der Waals surface area (Å²) in [7, 11) is 1.89. The standard InChI is InChI=1S/C19H18N6OS/c1-3-21-18(26)24-19-23-16-8-13(12-5-4-6-20-9-12)7-15(17(16)27-19)14-10-22-25(2)11-14/h4-11H,3H2,1-2H3,(H2,21,23,24,26). The van der Waals surface area contributed by atoms with Crippen LogP contribution in [0.2, 0.25) is 0 Å². The minimum atomic E-state index is -0.257. The molecule has 0 fully saturated rings. The molecule has 0 saturated heterocycles. The van der Waals surface area contributed by atoms with Crippen molar-refractivity contribution in [3.8, 4) is 22.3 Å². The van der Waals surface area contributed by atoms with Gasteiger partial charge in [0, 0.05) is 48.9 Å². The summed E-state index contributed by atoms with van der Waals surface area (Å²) in [6.07, 6.45) is 7.38. The minimum absolute atomic E-state index is 0.257. The molecule has 0 atom stereocenters. The number of hydrogen-bond donors (Lipinski definition) is 2. The van der Waals surface area contributed by atoms with Crippen molar-refractivity contribution in [2.45, 2.75) is 6.92 Å². The van der Waals surface area contributed by atoms with Crippen molar-refractivity contribution in [2.24, 2.45) is 7.05 Å². The lowest BCUT2D eigenvalue weighted by Crippen LogP contribution is -2.28. The van der Waals surface area contributed by atoms with Crippen molar-refractivity contribution in [1.29, 1.82) is 0 Å². The Morgan fingerprint density at radius 1 is 1.22 bits per heavy atom. The van der Waals surface area contributed by atoms with Gasteiger partial charge in [0.25, 0.3) is 0 Å². The molecule has 0 spiro atoms. The Labute approximate surface area is 160 Å². The zero-order chi connectivity index (χ0) is 18.8. The molecule has 3 heterocycles. The van der Waals surface area contributed by atoms with Crippen LogP contribution in [0.25, 0.3) is 32.5 Å². The summed E-state index contributed by atoms with van der Waals surface area (Å²) in [6.45, 7) is 2.43. The Morgan fingerprint density at radius 3 is 2.81 bits per heavy atom. The second kappa shape index (κ2) is 7.16. The van der Waals surface area contributed by atoms with Gasteiger partial charge in [0.05, 0.1) is 16.4 Å². The molecule has 0 unspecified atom stereocenters. The first-order valence-electron chi connectivity index (χ1n) is 8.53. The van der Waals surface area contributed by atoms with Crippen molar-refractivity contribution in [2.75, 3.05) is 11.9 Å². The normalized spacial score (nSPS) is 10.9. The van der Waals surface area contributed by atoms with Crippen LogP contribution in [0.4, 0.5) is 9.93 Å². The molecule has 0 radical (unpaired) electrons. The highest BCUT2D eigenvalue weighted by atomic mass is 32.1. The van der Waals surface area contributed by atoms with E-state index in [9.17, 15) is 4.79 Å². The first-order chi connectivity index (χ1) is 13.1. The second-order valence-corrected chi connectivity index (χ2v) is 7.02. The number of nitrogens with zero attached hydrogens (tertiary/aromatic N) is 4. The number of aryl methyl sites for hydroxylation is 1. The largest absolute Gasteiger partial charge is 0.338 e. The van der Waals surface area contributed by atoms with E-state index in [1.165, 1.54) is 11.3 Å². The topological polar surface area (TPSA) is 84.7 Å². The summed E-state index contributed by atoms with van der Waals surface area (Å²) in [5, 5.41) is 10.4. The molecule has 0 bridgehead atoms. The number of carbonyl (C=O) groups is 1. The molecule has 0 aliphatic carbocycles. The maximum atomic E-state index is 11.9. The Kier molecular flexibility index (Phi) is 4.55. The molecule has 0 aliphatic rings. The SMILES string of the molecule is CCNC(=O)Nc1nc2cc(-c3cccnc3)cc(-c3cnn(C)c3)c2s1. The molecular formula is C19H18N6OS. The molecule has 3 aromatic heterocycles. The van der Waals surface area contributed by atoms with Gasteiger partial charge in [0.2, 0.25) is 0 Å². The fraction of sp³-hybridized carbons (Fsp3) is 0.158. The number of hydrogen-bond acceptors (Lipinski definition) is 5. The van der Waals surface area contributed by atoms with E-state index in [4.69, 9.17) is 0 Å². The van der Waals surface area contributed by atoms with Crippen molar-refractivity contribution in [1.82, 2.24) is 25.1 Å². The monoisotopic (exact) mass is 378 g/mol. The third-order valence-electron chi connectivity index (χ3n) is 4.06. The van der Waals surface area contributed by atoms with Gasteiger partial charge in [0.1, 0.15) is 0 Å². The maximum absolute atomic E-state index is 11.9. The number of rotatable bonds is 4. The fourth-order valence-corrected chi connectivity index (χ4v) is 3.84. The number of amides is 2. The third kappa shape index (κ3) is 3.52. The van der Waals surface area contributed by atoms with Gasteiger partial charge in [-0.05, 0) is 30.7 Å². The molecule has 1 aromatic carbocycles. The van der Waals surface area contributed by atoms with Crippen LogP contribution in [-0.4, -0.2) is 32.3 Å². The zero-order valence-electron chi connectivity index (χ0n) is 14.9. The van der Waals surface area contributed by atoms with E-state index in [1.54, 1.807) is 10.9 Å². The van der Waals surface area contributed by atoms with E-state index >= 15 is 0 Å². The van der Waals surface area contributed by atoms with Crippen LogP contribution in [0.5, 0.6) is 0 Å². The molecule has 8 heteroatoms. The van der Waals surface area contributed by atoms with Crippen molar-refractivity contribution >= 4 is 32.7 Å². The lowest BCUT2D eigenvalue weighted by molar-refractivity contribution is 0.252. The molecule has 4 rings (SSSR count). The lowest BCUT2D eigenvalue weighted by Gasteiger charge is -2.05. The Hall–Kier alpha value is -3.26. The van der Waals surface area contributed by atoms with Crippen molar-refractivity contribution in [3.63, 3.8) is 0 Å². The molecule has 0 aliphatic heterocycles. The van der Waals surface area contributed by atoms with E-state index < -0.39 is 0 Å². The van der Waals surface area contributed by atoms with Gasteiger partial charge in [-0.1, -0.05) is 17.4 Å². The van der Waals surface area contributed by atoms with E-state index in [2.05, 4.69) is 31.8 Å². The molecule has 2 amide bonds. The summed E-state index contributed by atoms with van der Waals surface area (Å²) in [6, 6.07) is 7.80. The maximum Gasteiger partial charge on any atom is 0.321 e. The summed E-state index contributed by atoms with van der Waals surface area (Å²) < 4.78 is 2.77. The van der Waals surface area contributed by atoms with Gasteiger partial charge in [-0.25, -0.2) is 9.78 Å². The minimum Gasteiger partial charge on any atom is -0.338 e. The number of pyridine rings is 1. The molecular weight excluding hydrogens is 360 g/mol. The van der Waals surface area contributed by atoms with E-state index in [0.717, 1.165) is 32.5 Å². The third-order valence-corrected chi connectivity index (χ3v) is 5.08. The van der Waals surface area contributed by atoms with Crippen molar-refractivity contribution < 1.29 is 4.79 Å². The van der Waals surface area contributed by atoms with Gasteiger partial charge in [-0.2, -0.15) is 5.10 Å². The summed E-state index contributed by atoms with van der Waals surface area (Å²) in [4.78, 5) is 20.7. The summed E-state index contributed by atoms with van der Waals surface area (Å²) >= 11 is 1.45. The van der Waals surface area contributed by atoms with Crippen molar-refractivity contribution in [3.05, 3.63) is 49.1 Å². The predicted octanol–water partition coefficient (Wildman–Crippen LogP) is 3.90. The molecule has 0 saturated carbocycles. The van der Waals surface area contributed by atoms with Gasteiger partial charge < -0.3 is 5.32 Å². The average molecular weight is 378 g/mol. The second-order valence-electron chi connectivity index (χ2n) is 6.02. The predicted molar refractivity (Wildman–Crippen MR) is 108 cm³/mol. The van der Waals surface area contributed by atoms with Crippen LogP contribution < -0.4 is 10.6 Å². The van der Waals surface area contributed by atoms with Gasteiger partial charge in [-0.3, -0.25) is 15.0 Å². The van der Waals surface area contributed by atoms with Gasteiger partial charge in [0.15, 0.2) is 5.13 Å². The van der Waals surface area contributed by atoms with E-state index in [0.29, 0.717) is 11.7 Å². The van der Waals surface area contributed by atoms with E-state index in [-0.39, 0.29) is 6.03 Å². The van der Waals surface area contributed by atoms with Crippen LogP contribution in [0.3, 0.4) is 0 Å². The molecule has 4 aromatic rings. The van der Waals surface area contributed by atoms with Crippen LogP contribution in [0, 0.1) is 0 Å². The first kappa shape index (κ1) is 17.2. The number of urea groups is 1. The molecule has 7 nitrogen and oxygen atoms in total. The number of thiazole rings is 1. The van der Waals surface area contributed by atoms with Crippen LogP contribution in [0.1, 0.15) is 6.92 Å². The highest BCUT2D eigenvalue weighted by Gasteiger charge is 2.15. The highest BCUT2D eigenvalue weighted by molar-refractivity contribution is 7.22. The number of carbonyl (C=O) groups excluding carboxylic acids is 1. The highest BCUT2D eigenvalue weighted by Crippen LogP contribution is 2.38. The van der Waals surface area contributed by atoms with Gasteiger partial charge >= 0.3 is 6.03 Å². The molecule has 136 valence electrons. The smallest absolute Gasteiger partial charge is 0.321 e. The Balaban J connectivity index is 1.86. The number of nitrogens with one attached hydrogen (secondary N) is 2. The zero-order valence-corrected chi connectivity index (χ0v) is 15.7. The number of anilines is 1. The molecule has 27 heavy (non-hydrogen) atoms. The quantitative estimate of drug-likeness (QED) is 0.564. The van der Waals surface area contributed by atoms with Crippen LogP contribution in [-0.2, 0) is 7.05 Å². The Morgan fingerprint density at radius 2 is 2.11 bits per heavy atom. The Bertz CT molecular complexity index is 1100. The molecule has 2 N–H and O–H groups in total. The van der Waals surface area contributed by atoms with Crippen LogP contribution in [0.15, 0.2) is 49.1 Å².